The van der Waals surface area contributed by atoms with Gasteiger partial charge in [0, 0.05) is 37.1 Å². The van der Waals surface area contributed by atoms with E-state index in [1.54, 1.807) is 14.2 Å². The summed E-state index contributed by atoms with van der Waals surface area (Å²) in [5.41, 5.74) is 2.22. The quantitative estimate of drug-likeness (QED) is 0.640. The van der Waals surface area contributed by atoms with Crippen LogP contribution in [-0.4, -0.2) is 68.7 Å². The molecule has 7 heteroatoms. The first-order valence-corrected chi connectivity index (χ1v) is 8.59. The zero-order valence-electron chi connectivity index (χ0n) is 14.6. The third-order valence-electron chi connectivity index (χ3n) is 4.81. The van der Waals surface area contributed by atoms with Crippen LogP contribution in [0.3, 0.4) is 0 Å². The molecule has 1 saturated heterocycles. The van der Waals surface area contributed by atoms with Crippen molar-refractivity contribution in [2.45, 2.75) is 0 Å². The Morgan fingerprint density at radius 1 is 1.08 bits per heavy atom. The number of anilines is 1. The average molecular weight is 344 g/mol. The summed E-state index contributed by atoms with van der Waals surface area (Å²) in [5, 5.41) is 12.3. The van der Waals surface area contributed by atoms with Crippen molar-refractivity contribution in [1.82, 2.24) is 15.1 Å². The summed E-state index contributed by atoms with van der Waals surface area (Å²) in [6, 6.07) is 6.19. The van der Waals surface area contributed by atoms with Gasteiger partial charge in [-0.15, -0.1) is 0 Å². The lowest BCUT2D eigenvalue weighted by Gasteiger charge is -2.26. The summed E-state index contributed by atoms with van der Waals surface area (Å²) in [6.45, 7) is 5.57. The molecule has 3 N–H and O–H groups in total. The number of methoxy groups -OCH3 is 2. The van der Waals surface area contributed by atoms with E-state index < -0.39 is 0 Å². The van der Waals surface area contributed by atoms with Crippen LogP contribution in [0.5, 0.6) is 11.5 Å². The van der Waals surface area contributed by atoms with Crippen LogP contribution >= 0.6 is 0 Å². The topological polar surface area (TPSA) is 74.5 Å². The van der Waals surface area contributed by atoms with E-state index in [0.717, 1.165) is 78.7 Å². The number of nitrogens with one attached hydrogen (secondary N) is 3. The van der Waals surface area contributed by atoms with E-state index >= 15 is 0 Å². The van der Waals surface area contributed by atoms with E-state index in [0.29, 0.717) is 0 Å². The van der Waals surface area contributed by atoms with Gasteiger partial charge in [0.05, 0.1) is 33.1 Å². The van der Waals surface area contributed by atoms with E-state index in [-0.39, 0.29) is 0 Å². The van der Waals surface area contributed by atoms with Gasteiger partial charge in [0.25, 0.3) is 0 Å². The monoisotopic (exact) mass is 344 g/mol. The number of rotatable bonds is 6. The van der Waals surface area contributed by atoms with E-state index in [9.17, 15) is 0 Å². The number of morpholine rings is 1. The van der Waals surface area contributed by atoms with Gasteiger partial charge in [-0.1, -0.05) is 0 Å². The fourth-order valence-electron chi connectivity index (χ4n) is 3.43. The van der Waals surface area contributed by atoms with Gasteiger partial charge in [0.1, 0.15) is 5.82 Å². The minimum Gasteiger partial charge on any atom is -0.493 e. The first-order chi connectivity index (χ1) is 12.3. The van der Waals surface area contributed by atoms with Crippen LogP contribution < -0.4 is 14.8 Å². The molecule has 1 aliphatic carbocycles. The molecule has 0 saturated carbocycles. The minimum absolute atomic E-state index is 0.735. The molecule has 1 aromatic rings. The normalized spacial score (nSPS) is 15.8. The summed E-state index contributed by atoms with van der Waals surface area (Å²) in [6.07, 6.45) is 0. The number of aromatic nitrogens is 2. The van der Waals surface area contributed by atoms with Crippen LogP contribution in [0.4, 0.5) is 5.82 Å². The predicted molar refractivity (Wildman–Crippen MR) is 98.1 cm³/mol. The lowest BCUT2D eigenvalue weighted by molar-refractivity contribution is 0.0398. The Labute approximate surface area is 146 Å². The van der Waals surface area contributed by atoms with Crippen LogP contribution in [0.15, 0.2) is 18.2 Å². The molecule has 0 amide bonds. The van der Waals surface area contributed by atoms with Crippen molar-refractivity contribution in [3.63, 3.8) is 0 Å². The standard InChI is InChI=1S/C18H24N4O3/c1-23-15-10-12-9-14-17(13(12)11-16(15)24-2)20-21-18(14)19-3-4-22-5-7-25-8-6-22/h9-11,19-21H,3-8H2,1-2H3. The Morgan fingerprint density at radius 3 is 2.60 bits per heavy atom. The highest BCUT2D eigenvalue weighted by Gasteiger charge is 2.19. The number of hydrogen-bond acceptors (Lipinski definition) is 5. The van der Waals surface area contributed by atoms with Gasteiger partial charge in [0.15, 0.2) is 11.5 Å². The van der Waals surface area contributed by atoms with Gasteiger partial charge in [-0.25, -0.2) is 0 Å². The minimum atomic E-state index is 0.735. The van der Waals surface area contributed by atoms with Crippen LogP contribution in [0.1, 0.15) is 0 Å². The molecule has 25 heavy (non-hydrogen) atoms. The second kappa shape index (κ2) is 6.85. The number of hydrogen-bond donors (Lipinski definition) is 3. The molecule has 1 aromatic carbocycles. The number of fused-ring (bicyclic) bond motifs is 3. The predicted octanol–water partition coefficient (Wildman–Crippen LogP) is 2.36. The largest absolute Gasteiger partial charge is 0.493 e. The lowest BCUT2D eigenvalue weighted by atomic mass is 10.2. The summed E-state index contributed by atoms with van der Waals surface area (Å²) < 4.78 is 16.2. The lowest BCUT2D eigenvalue weighted by Crippen LogP contribution is -2.39. The van der Waals surface area contributed by atoms with E-state index in [1.165, 1.54) is 0 Å². The second-order valence-electron chi connectivity index (χ2n) is 6.23. The van der Waals surface area contributed by atoms with Crippen molar-refractivity contribution in [3.05, 3.63) is 18.2 Å². The first-order valence-electron chi connectivity index (χ1n) is 8.59. The number of nitrogens with zero attached hydrogens (tertiary/aromatic N) is 1. The Hall–Kier alpha value is -2.38. The molecule has 2 aliphatic heterocycles. The van der Waals surface area contributed by atoms with Crippen LogP contribution in [0, 0.1) is 0 Å². The summed E-state index contributed by atoms with van der Waals surface area (Å²) in [4.78, 5) is 2.41. The molecule has 0 spiro atoms. The van der Waals surface area contributed by atoms with Crippen molar-refractivity contribution in [1.29, 1.82) is 0 Å². The van der Waals surface area contributed by atoms with Gasteiger partial charge >= 0.3 is 0 Å². The molecule has 3 aliphatic rings. The molecule has 0 aromatic heterocycles. The van der Waals surface area contributed by atoms with Crippen LogP contribution in [-0.2, 0) is 4.74 Å². The van der Waals surface area contributed by atoms with Gasteiger partial charge in [-0.2, -0.15) is 0 Å². The van der Waals surface area contributed by atoms with Crippen molar-refractivity contribution < 1.29 is 14.2 Å². The maximum atomic E-state index is 5.42. The number of aromatic amines is 2. The fraction of sp³-hybridized carbons (Fsp3) is 0.444. The van der Waals surface area contributed by atoms with Crippen molar-refractivity contribution in [2.24, 2.45) is 0 Å². The van der Waals surface area contributed by atoms with E-state index in [2.05, 4.69) is 26.5 Å². The maximum Gasteiger partial charge on any atom is 0.161 e. The van der Waals surface area contributed by atoms with Gasteiger partial charge in [-0.3, -0.25) is 15.1 Å². The van der Waals surface area contributed by atoms with Crippen LogP contribution in [0.2, 0.25) is 0 Å². The molecular formula is C18H24N4O3. The number of H-pyrrole nitrogens is 2. The van der Waals surface area contributed by atoms with Gasteiger partial charge < -0.3 is 19.5 Å². The molecule has 4 rings (SSSR count). The average Bonchev–Trinajstić information content (AvgIpc) is 3.20. The molecule has 7 nitrogen and oxygen atoms in total. The number of benzene rings is 1. The highest BCUT2D eigenvalue weighted by Crippen LogP contribution is 2.42. The summed E-state index contributed by atoms with van der Waals surface area (Å²) in [5.74, 6) is 2.49. The van der Waals surface area contributed by atoms with E-state index in [4.69, 9.17) is 14.2 Å². The van der Waals surface area contributed by atoms with Crippen molar-refractivity contribution in [2.75, 3.05) is 58.9 Å². The molecule has 0 unspecified atom stereocenters. The molecule has 2 heterocycles. The second-order valence-corrected chi connectivity index (χ2v) is 6.23. The van der Waals surface area contributed by atoms with Gasteiger partial charge in [0.2, 0.25) is 0 Å². The number of ether oxygens (including phenoxy) is 3. The summed E-state index contributed by atoms with van der Waals surface area (Å²) >= 11 is 0. The molecule has 1 fully saturated rings. The Kier molecular flexibility index (Phi) is 4.42. The SMILES string of the molecule is COc1cc2cc3c(NCCN4CCOCC4)[nH][nH]c-3c2cc1OC. The maximum absolute atomic E-state index is 5.42. The molecule has 134 valence electrons. The first kappa shape index (κ1) is 16.1. The Morgan fingerprint density at radius 2 is 1.84 bits per heavy atom. The molecule has 0 atom stereocenters. The summed E-state index contributed by atoms with van der Waals surface area (Å²) in [7, 11) is 3.31. The highest BCUT2D eigenvalue weighted by molar-refractivity contribution is 6.05. The van der Waals surface area contributed by atoms with Crippen LogP contribution in [0.25, 0.3) is 22.0 Å². The molecular weight excluding hydrogens is 320 g/mol. The molecule has 0 radical (unpaired) electrons. The smallest absolute Gasteiger partial charge is 0.161 e. The van der Waals surface area contributed by atoms with Crippen molar-refractivity contribution >= 4 is 16.6 Å². The fourth-order valence-corrected chi connectivity index (χ4v) is 3.43. The zero-order chi connectivity index (χ0) is 17.2. The Bertz CT molecular complexity index is 819. The third-order valence-corrected chi connectivity index (χ3v) is 4.81. The molecule has 0 bridgehead atoms. The highest BCUT2D eigenvalue weighted by atomic mass is 16.5. The third kappa shape index (κ3) is 3.01. The Balaban J connectivity index is 1.52. The van der Waals surface area contributed by atoms with Gasteiger partial charge in [-0.05, 0) is 23.6 Å². The zero-order valence-corrected chi connectivity index (χ0v) is 14.6. The van der Waals surface area contributed by atoms with E-state index in [1.807, 2.05) is 12.1 Å². The van der Waals surface area contributed by atoms with Crippen molar-refractivity contribution in [3.8, 4) is 22.8 Å².